The molecule has 0 aliphatic carbocycles. The van der Waals surface area contributed by atoms with Gasteiger partial charge in [-0.05, 0) is 60.6 Å². The number of hydrogen-bond donors (Lipinski definition) is 0. The summed E-state index contributed by atoms with van der Waals surface area (Å²) in [6, 6.07) is 3.33. The number of aromatic nitrogens is 1. The lowest BCUT2D eigenvalue weighted by Gasteiger charge is -2.28. The SMILES string of the molecule is Cc1ccc(N(C(=O)OC(C)(C)C)C(=O)OC(C)(C)C)cn1. The summed E-state index contributed by atoms with van der Waals surface area (Å²) in [5.74, 6) is 0. The van der Waals surface area contributed by atoms with E-state index in [1.807, 2.05) is 6.92 Å². The summed E-state index contributed by atoms with van der Waals surface area (Å²) < 4.78 is 10.6. The van der Waals surface area contributed by atoms with Gasteiger partial charge in [0.1, 0.15) is 11.2 Å². The first kappa shape index (κ1) is 17.9. The van der Waals surface area contributed by atoms with Crippen molar-refractivity contribution in [3.63, 3.8) is 0 Å². The lowest BCUT2D eigenvalue weighted by Crippen LogP contribution is -2.43. The van der Waals surface area contributed by atoms with Crippen LogP contribution in [-0.4, -0.2) is 28.4 Å². The van der Waals surface area contributed by atoms with Crippen LogP contribution in [0.3, 0.4) is 0 Å². The van der Waals surface area contributed by atoms with Crippen LogP contribution in [0.2, 0.25) is 0 Å². The molecule has 2 amide bonds. The summed E-state index contributed by atoms with van der Waals surface area (Å²) in [5.41, 5.74) is -0.378. The highest BCUT2D eigenvalue weighted by Gasteiger charge is 2.32. The summed E-state index contributed by atoms with van der Waals surface area (Å²) in [7, 11) is 0. The molecule has 0 bridgehead atoms. The number of ether oxygens (including phenoxy) is 2. The molecule has 0 radical (unpaired) electrons. The first-order valence-corrected chi connectivity index (χ1v) is 7.08. The summed E-state index contributed by atoms with van der Waals surface area (Å²) >= 11 is 0. The molecular formula is C16H24N2O4. The third-order valence-corrected chi connectivity index (χ3v) is 2.31. The van der Waals surface area contributed by atoms with Crippen molar-refractivity contribution >= 4 is 17.9 Å². The first-order valence-electron chi connectivity index (χ1n) is 7.08. The predicted octanol–water partition coefficient (Wildman–Crippen LogP) is 4.07. The van der Waals surface area contributed by atoms with Gasteiger partial charge in [-0.2, -0.15) is 4.90 Å². The third-order valence-electron chi connectivity index (χ3n) is 2.31. The molecule has 6 heteroatoms. The lowest BCUT2D eigenvalue weighted by molar-refractivity contribution is 0.0430. The molecule has 122 valence electrons. The first-order chi connectivity index (χ1) is 9.89. The Morgan fingerprint density at radius 3 is 1.73 bits per heavy atom. The van der Waals surface area contributed by atoms with E-state index in [9.17, 15) is 9.59 Å². The zero-order valence-corrected chi connectivity index (χ0v) is 14.3. The molecule has 0 atom stereocenters. The van der Waals surface area contributed by atoms with Gasteiger partial charge in [-0.25, -0.2) is 9.59 Å². The van der Waals surface area contributed by atoms with Gasteiger partial charge in [0.15, 0.2) is 0 Å². The van der Waals surface area contributed by atoms with E-state index in [4.69, 9.17) is 9.47 Å². The van der Waals surface area contributed by atoms with Gasteiger partial charge in [-0.15, -0.1) is 0 Å². The number of nitrogens with zero attached hydrogens (tertiary/aromatic N) is 2. The zero-order chi connectivity index (χ0) is 17.1. The van der Waals surface area contributed by atoms with Crippen LogP contribution in [0.4, 0.5) is 15.3 Å². The number of rotatable bonds is 1. The normalized spacial score (nSPS) is 11.8. The summed E-state index contributed by atoms with van der Waals surface area (Å²) in [6.45, 7) is 12.2. The fraction of sp³-hybridized carbons (Fsp3) is 0.562. The standard InChI is InChI=1S/C16H24N2O4/c1-11-8-9-12(10-17-11)18(13(19)21-15(2,3)4)14(20)22-16(5,6)7/h8-10H,1-7H3. The molecule has 0 unspecified atom stereocenters. The highest BCUT2D eigenvalue weighted by molar-refractivity contribution is 6.09. The smallest absolute Gasteiger partial charge is 0.424 e. The highest BCUT2D eigenvalue weighted by atomic mass is 16.6. The van der Waals surface area contributed by atoms with Crippen LogP contribution in [-0.2, 0) is 9.47 Å². The lowest BCUT2D eigenvalue weighted by atomic mass is 10.2. The molecule has 22 heavy (non-hydrogen) atoms. The van der Waals surface area contributed by atoms with E-state index in [1.165, 1.54) is 6.20 Å². The average molecular weight is 308 g/mol. The van der Waals surface area contributed by atoms with E-state index in [2.05, 4.69) is 4.98 Å². The number of hydrogen-bond acceptors (Lipinski definition) is 5. The maximum Gasteiger partial charge on any atom is 0.424 e. The van der Waals surface area contributed by atoms with Crippen molar-refractivity contribution in [1.82, 2.24) is 4.98 Å². The van der Waals surface area contributed by atoms with Gasteiger partial charge in [-0.3, -0.25) is 4.98 Å². The Kier molecular flexibility index (Phi) is 5.17. The fourth-order valence-corrected chi connectivity index (χ4v) is 1.49. The summed E-state index contributed by atoms with van der Waals surface area (Å²) in [5, 5.41) is 0. The van der Waals surface area contributed by atoms with Crippen molar-refractivity contribution in [1.29, 1.82) is 0 Å². The summed E-state index contributed by atoms with van der Waals surface area (Å²) in [6.07, 6.45) is -0.164. The molecule has 1 heterocycles. The van der Waals surface area contributed by atoms with E-state index in [1.54, 1.807) is 53.7 Å². The monoisotopic (exact) mass is 308 g/mol. The van der Waals surface area contributed by atoms with Gasteiger partial charge in [0.2, 0.25) is 0 Å². The Bertz CT molecular complexity index is 511. The molecule has 0 N–H and O–H groups in total. The van der Waals surface area contributed by atoms with Crippen LogP contribution >= 0.6 is 0 Å². The minimum atomic E-state index is -0.799. The molecule has 1 aromatic heterocycles. The molecule has 0 saturated carbocycles. The van der Waals surface area contributed by atoms with Crippen molar-refractivity contribution in [2.45, 2.75) is 59.7 Å². The van der Waals surface area contributed by atoms with Gasteiger partial charge in [0.25, 0.3) is 0 Å². The van der Waals surface area contributed by atoms with E-state index in [-0.39, 0.29) is 0 Å². The number of carbonyl (C=O) groups is 2. The van der Waals surface area contributed by atoms with Crippen LogP contribution in [0.15, 0.2) is 18.3 Å². The van der Waals surface area contributed by atoms with Crippen molar-refractivity contribution in [3.05, 3.63) is 24.0 Å². The molecule has 0 aliphatic rings. The molecule has 6 nitrogen and oxygen atoms in total. The maximum atomic E-state index is 12.3. The van der Waals surface area contributed by atoms with Gasteiger partial charge >= 0.3 is 12.2 Å². The molecule has 1 aromatic rings. The topological polar surface area (TPSA) is 68.7 Å². The van der Waals surface area contributed by atoms with Crippen LogP contribution in [0.25, 0.3) is 0 Å². The fourth-order valence-electron chi connectivity index (χ4n) is 1.49. The second kappa shape index (κ2) is 6.34. The average Bonchev–Trinajstić information content (AvgIpc) is 2.27. The number of amides is 2. The molecule has 0 spiro atoms. The van der Waals surface area contributed by atoms with E-state index in [0.717, 1.165) is 10.6 Å². The Hall–Kier alpha value is -2.11. The van der Waals surface area contributed by atoms with Crippen molar-refractivity contribution < 1.29 is 19.1 Å². The molecule has 1 rings (SSSR count). The molecular weight excluding hydrogens is 284 g/mol. The number of pyridine rings is 1. The third kappa shape index (κ3) is 5.71. The van der Waals surface area contributed by atoms with Crippen LogP contribution in [0.5, 0.6) is 0 Å². The zero-order valence-electron chi connectivity index (χ0n) is 14.3. The molecule has 0 saturated heterocycles. The van der Waals surface area contributed by atoms with E-state index < -0.39 is 23.4 Å². The number of aryl methyl sites for hydroxylation is 1. The van der Waals surface area contributed by atoms with Gasteiger partial charge in [0.05, 0.1) is 11.9 Å². The van der Waals surface area contributed by atoms with E-state index >= 15 is 0 Å². The van der Waals surface area contributed by atoms with Gasteiger partial charge in [0, 0.05) is 5.69 Å². The minimum Gasteiger partial charge on any atom is -0.443 e. The molecule has 0 aromatic carbocycles. The Morgan fingerprint density at radius 2 is 1.41 bits per heavy atom. The Balaban J connectivity index is 3.12. The van der Waals surface area contributed by atoms with Gasteiger partial charge in [-0.1, -0.05) is 0 Å². The predicted molar refractivity (Wildman–Crippen MR) is 83.9 cm³/mol. The maximum absolute atomic E-state index is 12.3. The van der Waals surface area contributed by atoms with Gasteiger partial charge < -0.3 is 9.47 Å². The van der Waals surface area contributed by atoms with E-state index in [0.29, 0.717) is 5.69 Å². The second-order valence-electron chi connectivity index (χ2n) is 6.95. The van der Waals surface area contributed by atoms with Crippen LogP contribution in [0.1, 0.15) is 47.2 Å². The quantitative estimate of drug-likeness (QED) is 0.782. The molecule has 0 aliphatic heterocycles. The van der Waals surface area contributed by atoms with Crippen molar-refractivity contribution in [3.8, 4) is 0 Å². The van der Waals surface area contributed by atoms with Crippen LogP contribution < -0.4 is 4.90 Å². The summed E-state index contributed by atoms with van der Waals surface area (Å²) in [4.78, 5) is 29.6. The number of anilines is 1. The molecule has 0 fully saturated rings. The van der Waals surface area contributed by atoms with Crippen molar-refractivity contribution in [2.24, 2.45) is 0 Å². The number of imide groups is 1. The van der Waals surface area contributed by atoms with Crippen molar-refractivity contribution in [2.75, 3.05) is 4.90 Å². The Labute approximate surface area is 131 Å². The van der Waals surface area contributed by atoms with Crippen LogP contribution in [0, 0.1) is 6.92 Å². The Morgan fingerprint density at radius 1 is 0.955 bits per heavy atom. The number of carbonyl (C=O) groups excluding carboxylic acids is 2. The second-order valence-corrected chi connectivity index (χ2v) is 6.95. The largest absolute Gasteiger partial charge is 0.443 e. The highest BCUT2D eigenvalue weighted by Crippen LogP contribution is 2.21. The minimum absolute atomic E-state index is 0.300.